The number of hydrogen-bond donors (Lipinski definition) is 2. The third-order valence-electron chi connectivity index (χ3n) is 2.85. The number of benzene rings is 1. The van der Waals surface area contributed by atoms with Crippen molar-refractivity contribution < 1.29 is 9.53 Å². The number of amides is 1. The fourth-order valence-corrected chi connectivity index (χ4v) is 1.46. The molecule has 0 aliphatic rings. The predicted molar refractivity (Wildman–Crippen MR) is 83.1 cm³/mol. The molecule has 0 radical (unpaired) electrons. The summed E-state index contributed by atoms with van der Waals surface area (Å²) in [5, 5.41) is 5.99. The summed E-state index contributed by atoms with van der Waals surface area (Å²) in [4.78, 5) is 11.7. The van der Waals surface area contributed by atoms with Crippen molar-refractivity contribution in [3.8, 4) is 5.75 Å². The van der Waals surface area contributed by atoms with Gasteiger partial charge >= 0.3 is 0 Å². The van der Waals surface area contributed by atoms with Crippen LogP contribution in [0, 0.1) is 0 Å². The van der Waals surface area contributed by atoms with Gasteiger partial charge in [0.25, 0.3) is 0 Å². The summed E-state index contributed by atoms with van der Waals surface area (Å²) < 4.78 is 5.50. The molecule has 4 nitrogen and oxygen atoms in total. The first-order chi connectivity index (χ1) is 9.51. The summed E-state index contributed by atoms with van der Waals surface area (Å²) in [6, 6.07) is 7.67. The van der Waals surface area contributed by atoms with Crippen LogP contribution in [0.15, 0.2) is 36.4 Å². The van der Waals surface area contributed by atoms with Crippen molar-refractivity contribution in [2.45, 2.75) is 33.2 Å². The average molecular weight is 276 g/mol. The first-order valence-electron chi connectivity index (χ1n) is 6.91. The maximum absolute atomic E-state index is 11.7. The Bertz CT molecular complexity index is 440. The van der Waals surface area contributed by atoms with E-state index in [1.165, 1.54) is 0 Å². The van der Waals surface area contributed by atoms with E-state index in [2.05, 4.69) is 31.1 Å². The van der Waals surface area contributed by atoms with Crippen LogP contribution in [-0.4, -0.2) is 25.1 Å². The molecule has 1 unspecified atom stereocenters. The molecule has 0 bridgehead atoms. The van der Waals surface area contributed by atoms with Gasteiger partial charge in [0, 0.05) is 11.7 Å². The zero-order chi connectivity index (χ0) is 15.0. The van der Waals surface area contributed by atoms with Gasteiger partial charge < -0.3 is 15.4 Å². The number of anilines is 1. The highest BCUT2D eigenvalue weighted by Crippen LogP contribution is 2.16. The van der Waals surface area contributed by atoms with E-state index < -0.39 is 0 Å². The van der Waals surface area contributed by atoms with Gasteiger partial charge in [-0.05, 0) is 50.1 Å². The van der Waals surface area contributed by atoms with E-state index in [0.29, 0.717) is 19.2 Å². The Morgan fingerprint density at radius 1 is 1.35 bits per heavy atom. The van der Waals surface area contributed by atoms with E-state index >= 15 is 0 Å². The molecule has 0 spiro atoms. The Morgan fingerprint density at radius 2 is 2.00 bits per heavy atom. The van der Waals surface area contributed by atoms with Gasteiger partial charge in [-0.3, -0.25) is 4.79 Å². The predicted octanol–water partition coefficient (Wildman–Crippen LogP) is 2.97. The molecule has 110 valence electrons. The Morgan fingerprint density at radius 3 is 2.55 bits per heavy atom. The summed E-state index contributed by atoms with van der Waals surface area (Å²) >= 11 is 0. The number of carbonyl (C=O) groups is 1. The molecule has 1 amide bonds. The first kappa shape index (κ1) is 16.2. The first-order valence-corrected chi connectivity index (χ1v) is 6.91. The molecule has 0 aromatic heterocycles. The zero-order valence-corrected chi connectivity index (χ0v) is 12.5. The molecule has 1 aromatic carbocycles. The topological polar surface area (TPSA) is 50.4 Å². The Hall–Kier alpha value is -1.81. The average Bonchev–Trinajstić information content (AvgIpc) is 2.44. The van der Waals surface area contributed by atoms with Crippen LogP contribution in [0.4, 0.5) is 5.69 Å². The van der Waals surface area contributed by atoms with Crippen LogP contribution in [0.1, 0.15) is 27.2 Å². The SMILES string of the molecule is C=C(C)COc1ccc(NC(=O)CNC(C)CC)cc1. The quantitative estimate of drug-likeness (QED) is 0.718. The van der Waals surface area contributed by atoms with Crippen LogP contribution in [0.5, 0.6) is 5.75 Å². The lowest BCUT2D eigenvalue weighted by atomic mass is 10.2. The van der Waals surface area contributed by atoms with Crippen molar-refractivity contribution >= 4 is 11.6 Å². The molecule has 0 aliphatic heterocycles. The van der Waals surface area contributed by atoms with Gasteiger partial charge in [-0.15, -0.1) is 0 Å². The molecule has 0 heterocycles. The highest BCUT2D eigenvalue weighted by atomic mass is 16.5. The minimum absolute atomic E-state index is 0.0408. The second-order valence-corrected chi connectivity index (χ2v) is 5.01. The molecule has 1 aromatic rings. The Balaban J connectivity index is 2.40. The molecular formula is C16H24N2O2. The number of carbonyl (C=O) groups excluding carboxylic acids is 1. The van der Waals surface area contributed by atoms with Gasteiger partial charge in [-0.2, -0.15) is 0 Å². The molecule has 0 saturated carbocycles. The van der Waals surface area contributed by atoms with E-state index in [9.17, 15) is 4.79 Å². The fourth-order valence-electron chi connectivity index (χ4n) is 1.46. The van der Waals surface area contributed by atoms with Crippen molar-refractivity contribution in [1.29, 1.82) is 0 Å². The third kappa shape index (κ3) is 6.38. The van der Waals surface area contributed by atoms with Crippen LogP contribution >= 0.6 is 0 Å². The van der Waals surface area contributed by atoms with Gasteiger partial charge in [0.1, 0.15) is 12.4 Å². The third-order valence-corrected chi connectivity index (χ3v) is 2.85. The smallest absolute Gasteiger partial charge is 0.238 e. The van der Waals surface area contributed by atoms with Crippen molar-refractivity contribution in [2.24, 2.45) is 0 Å². The van der Waals surface area contributed by atoms with E-state index in [4.69, 9.17) is 4.74 Å². The molecule has 1 atom stereocenters. The monoisotopic (exact) mass is 276 g/mol. The second kappa shape index (κ2) is 8.38. The Kier molecular flexibility index (Phi) is 6.81. The standard InChI is InChI=1S/C16H24N2O2/c1-5-13(4)17-10-16(19)18-14-6-8-15(9-7-14)20-11-12(2)3/h6-9,13,17H,2,5,10-11H2,1,3-4H3,(H,18,19). The van der Waals surface area contributed by atoms with Crippen molar-refractivity contribution in [3.63, 3.8) is 0 Å². The van der Waals surface area contributed by atoms with E-state index in [1.807, 2.05) is 31.2 Å². The Labute approximate surface area is 121 Å². The maximum atomic E-state index is 11.7. The van der Waals surface area contributed by atoms with Crippen molar-refractivity contribution in [3.05, 3.63) is 36.4 Å². The maximum Gasteiger partial charge on any atom is 0.238 e. The van der Waals surface area contributed by atoms with Crippen LogP contribution in [0.3, 0.4) is 0 Å². The van der Waals surface area contributed by atoms with Gasteiger partial charge in [0.2, 0.25) is 5.91 Å². The van der Waals surface area contributed by atoms with Gasteiger partial charge in [0.15, 0.2) is 0 Å². The van der Waals surface area contributed by atoms with Gasteiger partial charge in [-0.1, -0.05) is 13.5 Å². The van der Waals surface area contributed by atoms with Crippen molar-refractivity contribution in [2.75, 3.05) is 18.5 Å². The lowest BCUT2D eigenvalue weighted by molar-refractivity contribution is -0.115. The summed E-state index contributed by atoms with van der Waals surface area (Å²) in [6.45, 7) is 10.7. The van der Waals surface area contributed by atoms with Gasteiger partial charge in [-0.25, -0.2) is 0 Å². The largest absolute Gasteiger partial charge is 0.489 e. The second-order valence-electron chi connectivity index (χ2n) is 5.01. The van der Waals surface area contributed by atoms with E-state index in [-0.39, 0.29) is 5.91 Å². The summed E-state index contributed by atoms with van der Waals surface area (Å²) in [7, 11) is 0. The molecule has 2 N–H and O–H groups in total. The normalized spacial score (nSPS) is 11.8. The van der Waals surface area contributed by atoms with Crippen molar-refractivity contribution in [1.82, 2.24) is 5.32 Å². The molecule has 4 heteroatoms. The highest BCUT2D eigenvalue weighted by molar-refractivity contribution is 5.92. The molecule has 0 aliphatic carbocycles. The minimum atomic E-state index is -0.0408. The summed E-state index contributed by atoms with van der Waals surface area (Å²) in [6.07, 6.45) is 1.00. The summed E-state index contributed by atoms with van der Waals surface area (Å²) in [5.41, 5.74) is 1.74. The number of nitrogens with one attached hydrogen (secondary N) is 2. The van der Waals surface area contributed by atoms with E-state index in [1.54, 1.807) is 0 Å². The number of ether oxygens (including phenoxy) is 1. The molecule has 0 fully saturated rings. The molecular weight excluding hydrogens is 252 g/mol. The minimum Gasteiger partial charge on any atom is -0.489 e. The lowest BCUT2D eigenvalue weighted by Crippen LogP contribution is -2.33. The van der Waals surface area contributed by atoms with Crippen LogP contribution < -0.4 is 15.4 Å². The fraction of sp³-hybridized carbons (Fsp3) is 0.438. The van der Waals surface area contributed by atoms with Crippen LogP contribution in [0.25, 0.3) is 0 Å². The molecule has 20 heavy (non-hydrogen) atoms. The number of rotatable bonds is 8. The molecule has 1 rings (SSSR count). The highest BCUT2D eigenvalue weighted by Gasteiger charge is 2.04. The zero-order valence-electron chi connectivity index (χ0n) is 12.5. The summed E-state index contributed by atoms with van der Waals surface area (Å²) in [5.74, 6) is 0.727. The lowest BCUT2D eigenvalue weighted by Gasteiger charge is -2.11. The van der Waals surface area contributed by atoms with Gasteiger partial charge in [0.05, 0.1) is 6.54 Å². The number of hydrogen-bond acceptors (Lipinski definition) is 3. The molecule has 0 saturated heterocycles. The van der Waals surface area contributed by atoms with Crippen LogP contribution in [0.2, 0.25) is 0 Å². The van der Waals surface area contributed by atoms with Crippen LogP contribution in [-0.2, 0) is 4.79 Å². The van der Waals surface area contributed by atoms with E-state index in [0.717, 1.165) is 23.4 Å².